The van der Waals surface area contributed by atoms with E-state index in [-0.39, 0.29) is 0 Å². The van der Waals surface area contributed by atoms with Gasteiger partial charge in [-0.3, -0.25) is 0 Å². The lowest BCUT2D eigenvalue weighted by atomic mass is 10.3. The number of aromatic amines is 1. The Morgan fingerprint density at radius 1 is 1.33 bits per heavy atom. The van der Waals surface area contributed by atoms with Crippen LogP contribution >= 0.6 is 0 Å². The van der Waals surface area contributed by atoms with Crippen molar-refractivity contribution < 1.29 is 8.42 Å². The molecule has 2 N–H and O–H groups in total. The highest BCUT2D eigenvalue weighted by Gasteiger charge is 2.19. The monoisotopic (exact) mass is 268 g/mol. The summed E-state index contributed by atoms with van der Waals surface area (Å²) in [7, 11) is -0.500. The number of rotatable bonds is 4. The van der Waals surface area contributed by atoms with E-state index in [0.29, 0.717) is 5.82 Å². The average Bonchev–Trinajstić information content (AvgIpc) is 2.71. The van der Waals surface area contributed by atoms with Gasteiger partial charge in [0, 0.05) is 14.1 Å². The van der Waals surface area contributed by atoms with Crippen LogP contribution in [0.3, 0.4) is 0 Å². The minimum absolute atomic E-state index is 0.412. The van der Waals surface area contributed by atoms with E-state index in [9.17, 15) is 8.42 Å². The fourth-order valence-electron chi connectivity index (χ4n) is 1.56. The van der Waals surface area contributed by atoms with Crippen molar-refractivity contribution >= 4 is 21.2 Å². The topological polar surface area (TPSA) is 78.1 Å². The maximum absolute atomic E-state index is 11.7. The van der Waals surface area contributed by atoms with Gasteiger partial charge in [-0.1, -0.05) is 12.1 Å². The minimum atomic E-state index is -3.46. The van der Waals surface area contributed by atoms with Crippen LogP contribution in [0.4, 0.5) is 0 Å². The highest BCUT2D eigenvalue weighted by Crippen LogP contribution is 2.16. The molecule has 98 valence electrons. The first-order valence-electron chi connectivity index (χ1n) is 5.54. The lowest BCUT2D eigenvalue weighted by Crippen LogP contribution is -2.37. The Labute approximate surface area is 106 Å². The molecule has 0 saturated carbocycles. The Morgan fingerprint density at radius 2 is 2.00 bits per heavy atom. The summed E-state index contributed by atoms with van der Waals surface area (Å²) in [6, 6.07) is 7.16. The zero-order valence-corrected chi connectivity index (χ0v) is 11.3. The SMILES string of the molecule is CC(NS(=O)(=O)N(C)C)c1nc2ccccc2[nH]1. The summed E-state index contributed by atoms with van der Waals surface area (Å²) in [5.41, 5.74) is 1.71. The van der Waals surface area contributed by atoms with E-state index in [2.05, 4.69) is 14.7 Å². The number of benzene rings is 1. The second kappa shape index (κ2) is 4.68. The fraction of sp³-hybridized carbons (Fsp3) is 0.364. The molecule has 0 aliphatic rings. The van der Waals surface area contributed by atoms with Gasteiger partial charge in [0.05, 0.1) is 17.1 Å². The van der Waals surface area contributed by atoms with E-state index in [1.165, 1.54) is 14.1 Å². The Morgan fingerprint density at radius 3 is 2.61 bits per heavy atom. The summed E-state index contributed by atoms with van der Waals surface area (Å²) in [6.07, 6.45) is 0. The van der Waals surface area contributed by atoms with Crippen LogP contribution in [0.2, 0.25) is 0 Å². The molecular weight excluding hydrogens is 252 g/mol. The van der Waals surface area contributed by atoms with Crippen LogP contribution in [-0.4, -0.2) is 36.8 Å². The highest BCUT2D eigenvalue weighted by molar-refractivity contribution is 7.87. The van der Waals surface area contributed by atoms with Crippen molar-refractivity contribution in [3.63, 3.8) is 0 Å². The quantitative estimate of drug-likeness (QED) is 0.869. The second-order valence-electron chi connectivity index (χ2n) is 4.27. The molecule has 1 heterocycles. The van der Waals surface area contributed by atoms with Crippen LogP contribution in [0.25, 0.3) is 11.0 Å². The third-order valence-electron chi connectivity index (χ3n) is 2.62. The standard InChI is InChI=1S/C11H16N4O2S/c1-8(14-18(16,17)15(2)3)11-12-9-6-4-5-7-10(9)13-11/h4-8,14H,1-3H3,(H,12,13). The molecule has 0 radical (unpaired) electrons. The van der Waals surface area contributed by atoms with Gasteiger partial charge in [0.15, 0.2) is 0 Å². The van der Waals surface area contributed by atoms with Gasteiger partial charge in [-0.25, -0.2) is 4.98 Å². The van der Waals surface area contributed by atoms with Gasteiger partial charge in [0.2, 0.25) is 0 Å². The molecule has 7 heteroatoms. The Bertz CT molecular complexity index is 615. The van der Waals surface area contributed by atoms with E-state index >= 15 is 0 Å². The van der Waals surface area contributed by atoms with Crippen molar-refractivity contribution in [2.45, 2.75) is 13.0 Å². The molecule has 6 nitrogen and oxygen atoms in total. The van der Waals surface area contributed by atoms with Crippen molar-refractivity contribution in [3.05, 3.63) is 30.1 Å². The normalized spacial score (nSPS) is 14.2. The van der Waals surface area contributed by atoms with Crippen molar-refractivity contribution in [1.29, 1.82) is 0 Å². The number of para-hydroxylation sites is 2. The molecule has 1 aromatic heterocycles. The number of hydrogen-bond donors (Lipinski definition) is 2. The Kier molecular flexibility index (Phi) is 3.38. The number of nitrogens with one attached hydrogen (secondary N) is 2. The third-order valence-corrected chi connectivity index (χ3v) is 4.24. The van der Waals surface area contributed by atoms with Crippen LogP contribution in [-0.2, 0) is 10.2 Å². The fourth-order valence-corrected chi connectivity index (χ4v) is 2.33. The number of imidazole rings is 1. The number of aromatic nitrogens is 2. The van der Waals surface area contributed by atoms with Crippen molar-refractivity contribution in [3.8, 4) is 0 Å². The van der Waals surface area contributed by atoms with Gasteiger partial charge in [-0.2, -0.15) is 17.4 Å². The first-order valence-corrected chi connectivity index (χ1v) is 6.98. The summed E-state index contributed by atoms with van der Waals surface area (Å²) in [4.78, 5) is 7.46. The van der Waals surface area contributed by atoms with Gasteiger partial charge >= 0.3 is 0 Å². The molecule has 2 aromatic rings. The summed E-state index contributed by atoms with van der Waals surface area (Å²) < 4.78 is 27.1. The number of hydrogen-bond acceptors (Lipinski definition) is 3. The summed E-state index contributed by atoms with van der Waals surface area (Å²) in [5, 5.41) is 0. The molecule has 18 heavy (non-hydrogen) atoms. The van der Waals surface area contributed by atoms with Gasteiger partial charge in [-0.15, -0.1) is 0 Å². The molecule has 0 amide bonds. The molecule has 0 aliphatic heterocycles. The molecular formula is C11H16N4O2S. The largest absolute Gasteiger partial charge is 0.341 e. The maximum Gasteiger partial charge on any atom is 0.279 e. The van der Waals surface area contributed by atoms with Crippen LogP contribution in [0.15, 0.2) is 24.3 Å². The molecule has 1 unspecified atom stereocenters. The van der Waals surface area contributed by atoms with E-state index < -0.39 is 16.3 Å². The predicted octanol–water partition coefficient (Wildman–Crippen LogP) is 1.02. The summed E-state index contributed by atoms with van der Waals surface area (Å²) >= 11 is 0. The molecule has 0 saturated heterocycles. The molecule has 0 bridgehead atoms. The highest BCUT2D eigenvalue weighted by atomic mass is 32.2. The maximum atomic E-state index is 11.7. The van der Waals surface area contributed by atoms with Crippen molar-refractivity contribution in [1.82, 2.24) is 19.0 Å². The lowest BCUT2D eigenvalue weighted by molar-refractivity contribution is 0.491. The van der Waals surface area contributed by atoms with Crippen LogP contribution in [0.5, 0.6) is 0 Å². The Hall–Kier alpha value is -1.44. The smallest absolute Gasteiger partial charge is 0.279 e. The number of nitrogens with zero attached hydrogens (tertiary/aromatic N) is 2. The molecule has 2 rings (SSSR count). The van der Waals surface area contributed by atoms with Gasteiger partial charge in [0.1, 0.15) is 5.82 Å². The lowest BCUT2D eigenvalue weighted by Gasteiger charge is -2.16. The molecule has 0 aliphatic carbocycles. The van der Waals surface area contributed by atoms with Crippen LogP contribution < -0.4 is 4.72 Å². The van der Waals surface area contributed by atoms with Crippen LogP contribution in [0, 0.1) is 0 Å². The molecule has 1 aromatic carbocycles. The predicted molar refractivity (Wildman–Crippen MR) is 70.3 cm³/mol. The minimum Gasteiger partial charge on any atom is -0.341 e. The first kappa shape index (κ1) is 13.0. The third kappa shape index (κ3) is 2.53. The molecule has 0 spiro atoms. The molecule has 0 fully saturated rings. The summed E-state index contributed by atoms with van der Waals surface area (Å²) in [5.74, 6) is 0.599. The number of H-pyrrole nitrogens is 1. The second-order valence-corrected chi connectivity index (χ2v) is 6.18. The number of fused-ring (bicyclic) bond motifs is 1. The molecule has 1 atom stereocenters. The van der Waals surface area contributed by atoms with Gasteiger partial charge < -0.3 is 4.98 Å². The van der Waals surface area contributed by atoms with Crippen LogP contribution in [0.1, 0.15) is 18.8 Å². The van der Waals surface area contributed by atoms with E-state index in [4.69, 9.17) is 0 Å². The van der Waals surface area contributed by atoms with Crippen molar-refractivity contribution in [2.24, 2.45) is 0 Å². The van der Waals surface area contributed by atoms with Gasteiger partial charge in [0.25, 0.3) is 10.2 Å². The van der Waals surface area contributed by atoms with Crippen molar-refractivity contribution in [2.75, 3.05) is 14.1 Å². The average molecular weight is 268 g/mol. The van der Waals surface area contributed by atoms with E-state index in [1.54, 1.807) is 6.92 Å². The van der Waals surface area contributed by atoms with Gasteiger partial charge in [-0.05, 0) is 19.1 Å². The van der Waals surface area contributed by atoms with E-state index in [1.807, 2.05) is 24.3 Å². The van der Waals surface area contributed by atoms with E-state index in [0.717, 1.165) is 15.3 Å². The Balaban J connectivity index is 2.26. The zero-order chi connectivity index (χ0) is 13.3. The zero-order valence-electron chi connectivity index (χ0n) is 10.5. The summed E-state index contributed by atoms with van der Waals surface area (Å²) in [6.45, 7) is 1.75. The first-order chi connectivity index (χ1) is 8.40.